The van der Waals surface area contributed by atoms with E-state index < -0.39 is 0 Å². The van der Waals surface area contributed by atoms with Crippen molar-refractivity contribution in [1.29, 1.82) is 0 Å². The van der Waals surface area contributed by atoms with Gasteiger partial charge in [-0.25, -0.2) is 4.99 Å². The first-order valence-corrected chi connectivity index (χ1v) is 10.0. The zero-order chi connectivity index (χ0) is 20.2. The van der Waals surface area contributed by atoms with Crippen molar-refractivity contribution in [3.05, 3.63) is 89.5 Å². The molecule has 0 bridgehead atoms. The number of hydrogen-bond donors (Lipinski definition) is 1. The Balaban J connectivity index is 1.69. The molecule has 29 heavy (non-hydrogen) atoms. The van der Waals surface area contributed by atoms with Gasteiger partial charge in [0.1, 0.15) is 0 Å². The Morgan fingerprint density at radius 1 is 1.17 bits per heavy atom. The number of amidine groups is 1. The van der Waals surface area contributed by atoms with Crippen molar-refractivity contribution >= 4 is 34.6 Å². The van der Waals surface area contributed by atoms with Crippen LogP contribution < -0.4 is 0 Å². The fraction of sp³-hybridized carbons (Fsp3) is 0.0870. The fourth-order valence-corrected chi connectivity index (χ4v) is 3.99. The Labute approximate surface area is 173 Å². The Morgan fingerprint density at radius 3 is 2.66 bits per heavy atom. The van der Waals surface area contributed by atoms with Gasteiger partial charge in [-0.05, 0) is 36.9 Å². The summed E-state index contributed by atoms with van der Waals surface area (Å²) in [5, 5.41) is 7.84. The largest absolute Gasteiger partial charge is 0.283 e. The number of rotatable bonds is 5. The Kier molecular flexibility index (Phi) is 5.44. The van der Waals surface area contributed by atoms with Gasteiger partial charge in [0, 0.05) is 17.7 Å². The molecule has 2 heterocycles. The smallest absolute Gasteiger partial charge is 0.267 e. The molecule has 2 aromatic carbocycles. The van der Waals surface area contributed by atoms with E-state index in [9.17, 15) is 4.79 Å². The molecule has 0 spiro atoms. The monoisotopic (exact) mass is 400 g/mol. The second kappa shape index (κ2) is 8.32. The van der Waals surface area contributed by atoms with Gasteiger partial charge in [-0.15, -0.1) is 6.58 Å². The Hall–Kier alpha value is -3.38. The molecule has 0 unspecified atom stereocenters. The molecule has 144 valence electrons. The Bertz CT molecular complexity index is 1100. The van der Waals surface area contributed by atoms with E-state index in [4.69, 9.17) is 0 Å². The molecule has 1 saturated heterocycles. The van der Waals surface area contributed by atoms with Gasteiger partial charge in [0.25, 0.3) is 5.91 Å². The first kappa shape index (κ1) is 19.0. The van der Waals surface area contributed by atoms with E-state index in [2.05, 4.69) is 21.8 Å². The molecule has 1 aliphatic heterocycles. The first-order valence-electron chi connectivity index (χ1n) is 9.22. The maximum absolute atomic E-state index is 13.0. The van der Waals surface area contributed by atoms with E-state index in [0.29, 0.717) is 16.6 Å². The van der Waals surface area contributed by atoms with Crippen LogP contribution in [-0.2, 0) is 4.79 Å². The molecule has 5 nitrogen and oxygen atoms in total. The molecular formula is C23H20N4OS. The molecule has 1 fully saturated rings. The number of nitrogens with zero attached hydrogens (tertiary/aromatic N) is 3. The van der Waals surface area contributed by atoms with Crippen molar-refractivity contribution in [1.82, 2.24) is 15.1 Å². The number of thioether (sulfide) groups is 1. The highest BCUT2D eigenvalue weighted by molar-refractivity contribution is 8.18. The summed E-state index contributed by atoms with van der Waals surface area (Å²) >= 11 is 1.37. The highest BCUT2D eigenvalue weighted by Gasteiger charge is 2.32. The lowest BCUT2D eigenvalue weighted by Crippen LogP contribution is -2.29. The van der Waals surface area contributed by atoms with E-state index in [-0.39, 0.29) is 5.91 Å². The van der Waals surface area contributed by atoms with Gasteiger partial charge >= 0.3 is 0 Å². The first-order chi connectivity index (χ1) is 14.2. The van der Waals surface area contributed by atoms with Crippen LogP contribution in [0.2, 0.25) is 0 Å². The number of hydrogen-bond acceptors (Lipinski definition) is 4. The lowest BCUT2D eigenvalue weighted by Gasteiger charge is -2.12. The Morgan fingerprint density at radius 2 is 1.93 bits per heavy atom. The van der Waals surface area contributed by atoms with E-state index >= 15 is 0 Å². The molecule has 0 radical (unpaired) electrons. The van der Waals surface area contributed by atoms with Gasteiger partial charge in [-0.3, -0.25) is 14.8 Å². The van der Waals surface area contributed by atoms with Crippen molar-refractivity contribution in [2.45, 2.75) is 6.92 Å². The van der Waals surface area contributed by atoms with Crippen molar-refractivity contribution in [3.8, 4) is 11.3 Å². The number of H-pyrrole nitrogens is 1. The second-order valence-corrected chi connectivity index (χ2v) is 7.62. The summed E-state index contributed by atoms with van der Waals surface area (Å²) in [6, 6.07) is 17.8. The predicted molar refractivity (Wildman–Crippen MR) is 120 cm³/mol. The van der Waals surface area contributed by atoms with E-state index in [1.54, 1.807) is 17.2 Å². The van der Waals surface area contributed by atoms with Crippen molar-refractivity contribution < 1.29 is 4.79 Å². The number of aliphatic imine (C=N–C) groups is 1. The summed E-state index contributed by atoms with van der Waals surface area (Å²) in [4.78, 5) is 19.9. The third-order valence-electron chi connectivity index (χ3n) is 4.48. The molecule has 4 rings (SSSR count). The summed E-state index contributed by atoms with van der Waals surface area (Å²) in [7, 11) is 0. The zero-order valence-corrected chi connectivity index (χ0v) is 16.8. The summed E-state index contributed by atoms with van der Waals surface area (Å²) < 4.78 is 0. The molecule has 1 aliphatic rings. The van der Waals surface area contributed by atoms with Crippen LogP contribution >= 0.6 is 11.8 Å². The SMILES string of the molecule is C=CCN1C(=O)C(=Cc2cn[nH]c2-c2ccccc2)SC1=Nc1ccc(C)cc1. The maximum Gasteiger partial charge on any atom is 0.267 e. The quantitative estimate of drug-likeness (QED) is 0.474. The van der Waals surface area contributed by atoms with Crippen LogP contribution in [0.4, 0.5) is 5.69 Å². The number of benzene rings is 2. The van der Waals surface area contributed by atoms with E-state index in [1.807, 2.05) is 67.6 Å². The number of nitrogens with one attached hydrogen (secondary N) is 1. The van der Waals surface area contributed by atoms with Gasteiger partial charge in [-0.1, -0.05) is 54.1 Å². The minimum absolute atomic E-state index is 0.0824. The number of aromatic nitrogens is 2. The minimum Gasteiger partial charge on any atom is -0.283 e. The van der Waals surface area contributed by atoms with Crippen molar-refractivity contribution in [2.75, 3.05) is 6.54 Å². The minimum atomic E-state index is -0.0824. The van der Waals surface area contributed by atoms with Crippen molar-refractivity contribution in [2.24, 2.45) is 4.99 Å². The van der Waals surface area contributed by atoms with Gasteiger partial charge < -0.3 is 0 Å². The summed E-state index contributed by atoms with van der Waals surface area (Å²) in [6.45, 7) is 6.21. The topological polar surface area (TPSA) is 61.4 Å². The van der Waals surface area contributed by atoms with Crippen LogP contribution in [-0.4, -0.2) is 32.7 Å². The average Bonchev–Trinajstić information content (AvgIpc) is 3.31. The van der Waals surface area contributed by atoms with E-state index in [1.165, 1.54) is 17.3 Å². The van der Waals surface area contributed by atoms with Crippen LogP contribution in [0.15, 0.2) is 83.3 Å². The molecular weight excluding hydrogens is 380 g/mol. The third kappa shape index (κ3) is 4.07. The van der Waals surface area contributed by atoms with Crippen LogP contribution in [0.3, 0.4) is 0 Å². The predicted octanol–water partition coefficient (Wildman–Crippen LogP) is 5.18. The number of carbonyl (C=O) groups is 1. The van der Waals surface area contributed by atoms with Gasteiger partial charge in [0.05, 0.1) is 22.5 Å². The molecule has 6 heteroatoms. The number of amides is 1. The molecule has 3 aromatic rings. The average molecular weight is 401 g/mol. The fourth-order valence-electron chi connectivity index (χ4n) is 2.99. The van der Waals surface area contributed by atoms with Crippen LogP contribution in [0.5, 0.6) is 0 Å². The molecule has 1 N–H and O–H groups in total. The molecule has 1 aromatic heterocycles. The lowest BCUT2D eigenvalue weighted by atomic mass is 10.1. The third-order valence-corrected chi connectivity index (χ3v) is 5.48. The normalized spacial score (nSPS) is 16.7. The second-order valence-electron chi connectivity index (χ2n) is 6.61. The molecule has 0 saturated carbocycles. The lowest BCUT2D eigenvalue weighted by molar-refractivity contribution is -0.121. The van der Waals surface area contributed by atoms with Crippen molar-refractivity contribution in [3.63, 3.8) is 0 Å². The van der Waals surface area contributed by atoms with Crippen LogP contribution in [0.1, 0.15) is 11.1 Å². The van der Waals surface area contributed by atoms with E-state index in [0.717, 1.165) is 22.5 Å². The number of aromatic amines is 1. The standard InChI is InChI=1S/C23H20N4OS/c1-3-13-27-22(28)20(29-23(27)25-19-11-9-16(2)10-12-19)14-18-15-24-26-21(18)17-7-5-4-6-8-17/h3-12,14-15H,1,13H2,2H3,(H,24,26). The summed E-state index contributed by atoms with van der Waals surface area (Å²) in [5.41, 5.74) is 4.74. The maximum atomic E-state index is 13.0. The molecule has 1 amide bonds. The van der Waals surface area contributed by atoms with Gasteiger partial charge in [0.15, 0.2) is 5.17 Å². The molecule has 0 aliphatic carbocycles. The van der Waals surface area contributed by atoms with Crippen LogP contribution in [0, 0.1) is 6.92 Å². The molecule has 0 atom stereocenters. The van der Waals surface area contributed by atoms with Crippen LogP contribution in [0.25, 0.3) is 17.3 Å². The highest BCUT2D eigenvalue weighted by atomic mass is 32.2. The van der Waals surface area contributed by atoms with Gasteiger partial charge in [0.2, 0.25) is 0 Å². The summed E-state index contributed by atoms with van der Waals surface area (Å²) in [5.74, 6) is -0.0824. The van der Waals surface area contributed by atoms with Gasteiger partial charge in [-0.2, -0.15) is 5.10 Å². The summed E-state index contributed by atoms with van der Waals surface area (Å²) in [6.07, 6.45) is 5.31. The number of carbonyl (C=O) groups excluding carboxylic acids is 1. The number of aryl methyl sites for hydroxylation is 1. The highest BCUT2D eigenvalue weighted by Crippen LogP contribution is 2.35. The zero-order valence-electron chi connectivity index (χ0n) is 16.0.